The number of carbonyl (C=O) groups is 2. The second kappa shape index (κ2) is 4.31. The summed E-state index contributed by atoms with van der Waals surface area (Å²) in [7, 11) is 0. The number of rotatable bonds is 1. The van der Waals surface area contributed by atoms with Crippen molar-refractivity contribution >= 4 is 23.8 Å². The number of halogens is 1. The molecule has 0 bridgehead atoms. The van der Waals surface area contributed by atoms with Crippen LogP contribution in [-0.4, -0.2) is 11.9 Å². The smallest absolute Gasteiger partial charge is 1.00 e. The molecule has 0 radical (unpaired) electrons. The average Bonchev–Trinajstić information content (AvgIpc) is 2.42. The van der Waals surface area contributed by atoms with E-state index < -0.39 is 11.9 Å². The van der Waals surface area contributed by atoms with Gasteiger partial charge in [-0.05, 0) is 18.2 Å². The van der Waals surface area contributed by atoms with Gasteiger partial charge in [-0.1, -0.05) is 0 Å². The molecule has 1 aromatic carbocycles. The van der Waals surface area contributed by atoms with Gasteiger partial charge >= 0.3 is 41.5 Å². The Kier molecular flexibility index (Phi) is 3.55. The zero-order chi connectivity index (χ0) is 9.42. The van der Waals surface area contributed by atoms with Crippen LogP contribution in [0.15, 0.2) is 18.2 Å². The van der Waals surface area contributed by atoms with Crippen molar-refractivity contribution in [2.45, 2.75) is 0 Å². The zero-order valence-corrected chi connectivity index (χ0v) is 10.00. The van der Waals surface area contributed by atoms with Gasteiger partial charge in [0.1, 0.15) is 17.6 Å². The summed E-state index contributed by atoms with van der Waals surface area (Å²) < 4.78 is 8.73. The molecule has 0 amide bonds. The standard InChI is InChI=1S/C8H3ClO4.Na.H/c9-13-4-1-2-5-6(3-4)8(11)12-7(5)10;;/h1-3H;;/q;+1;-1. The molecule has 0 saturated carbocycles. The normalized spacial score (nSPS) is 12.9. The maximum atomic E-state index is 11.0. The minimum absolute atomic E-state index is 0. The SMILES string of the molecule is O=C1OC(=O)c2cc(OCl)ccc21.[H-].[Na+]. The molecule has 1 heterocycles. The summed E-state index contributed by atoms with van der Waals surface area (Å²) in [5.41, 5.74) is 0.422. The number of cyclic esters (lactones) is 2. The first-order valence-electron chi connectivity index (χ1n) is 3.41. The molecular formula is C8H4ClNaO4. The van der Waals surface area contributed by atoms with Gasteiger partial charge in [-0.2, -0.15) is 0 Å². The Morgan fingerprint density at radius 2 is 1.86 bits per heavy atom. The fourth-order valence-corrected chi connectivity index (χ4v) is 1.21. The van der Waals surface area contributed by atoms with E-state index in [0.717, 1.165) is 0 Å². The third kappa shape index (κ3) is 1.79. The van der Waals surface area contributed by atoms with Crippen LogP contribution in [0.1, 0.15) is 22.1 Å². The molecular weight excluding hydrogens is 219 g/mol. The summed E-state index contributed by atoms with van der Waals surface area (Å²) in [6, 6.07) is 4.27. The molecule has 68 valence electrons. The molecule has 1 aromatic rings. The van der Waals surface area contributed by atoms with Crippen molar-refractivity contribution in [1.29, 1.82) is 0 Å². The second-order valence-electron chi connectivity index (χ2n) is 2.46. The Labute approximate surface area is 108 Å². The predicted molar refractivity (Wildman–Crippen MR) is 43.8 cm³/mol. The number of ether oxygens (including phenoxy) is 1. The van der Waals surface area contributed by atoms with E-state index in [9.17, 15) is 9.59 Å². The summed E-state index contributed by atoms with van der Waals surface area (Å²) in [5.74, 6) is -1.01. The number of benzene rings is 1. The summed E-state index contributed by atoms with van der Waals surface area (Å²) in [5, 5.41) is 0. The first-order chi connectivity index (χ1) is 6.22. The number of hydrogen-bond donors (Lipinski definition) is 0. The topological polar surface area (TPSA) is 52.6 Å². The average molecular weight is 223 g/mol. The van der Waals surface area contributed by atoms with Crippen molar-refractivity contribution in [3.63, 3.8) is 0 Å². The van der Waals surface area contributed by atoms with Crippen LogP contribution in [0.4, 0.5) is 0 Å². The summed E-state index contributed by atoms with van der Waals surface area (Å²) >= 11 is 5.08. The molecule has 2 rings (SSSR count). The summed E-state index contributed by atoms with van der Waals surface area (Å²) in [6.45, 7) is 0. The minimum Gasteiger partial charge on any atom is -1.00 e. The largest absolute Gasteiger partial charge is 1.00 e. The maximum Gasteiger partial charge on any atom is 1.00 e. The molecule has 0 aliphatic carbocycles. The third-order valence-corrected chi connectivity index (χ3v) is 1.88. The molecule has 0 fully saturated rings. The molecule has 4 nitrogen and oxygen atoms in total. The van der Waals surface area contributed by atoms with Crippen molar-refractivity contribution in [1.82, 2.24) is 0 Å². The van der Waals surface area contributed by atoms with Gasteiger partial charge in [0.05, 0.1) is 11.1 Å². The number of carbonyl (C=O) groups excluding carboxylic acids is 2. The monoisotopic (exact) mass is 222 g/mol. The van der Waals surface area contributed by atoms with Crippen LogP contribution in [-0.2, 0) is 4.74 Å². The van der Waals surface area contributed by atoms with Gasteiger partial charge in [0.2, 0.25) is 0 Å². The Morgan fingerprint density at radius 3 is 2.50 bits per heavy atom. The maximum absolute atomic E-state index is 11.0. The first kappa shape index (κ1) is 11.5. The fraction of sp³-hybridized carbons (Fsp3) is 0. The first-order valence-corrected chi connectivity index (χ1v) is 3.72. The predicted octanol–water partition coefficient (Wildman–Crippen LogP) is -1.35. The van der Waals surface area contributed by atoms with Crippen molar-refractivity contribution in [2.75, 3.05) is 0 Å². The van der Waals surface area contributed by atoms with Crippen LogP contribution in [0, 0.1) is 0 Å². The Hall–Kier alpha value is -0.550. The van der Waals surface area contributed by atoms with Crippen molar-refractivity contribution in [3.8, 4) is 5.75 Å². The van der Waals surface area contributed by atoms with E-state index >= 15 is 0 Å². The van der Waals surface area contributed by atoms with E-state index in [1.807, 2.05) is 0 Å². The quantitative estimate of drug-likeness (QED) is 0.335. The molecule has 6 heteroatoms. The number of hydrogen-bond acceptors (Lipinski definition) is 4. The summed E-state index contributed by atoms with van der Waals surface area (Å²) in [4.78, 5) is 22.0. The zero-order valence-electron chi connectivity index (χ0n) is 8.24. The molecule has 1 aliphatic heterocycles. The van der Waals surface area contributed by atoms with Crippen LogP contribution in [0.3, 0.4) is 0 Å². The van der Waals surface area contributed by atoms with Gasteiger partial charge in [-0.3, -0.25) is 0 Å². The Morgan fingerprint density at radius 1 is 1.21 bits per heavy atom. The van der Waals surface area contributed by atoms with Gasteiger partial charge in [-0.15, -0.1) is 0 Å². The van der Waals surface area contributed by atoms with Crippen molar-refractivity contribution in [3.05, 3.63) is 29.3 Å². The van der Waals surface area contributed by atoms with Crippen molar-refractivity contribution < 1.29 is 49.6 Å². The summed E-state index contributed by atoms with van der Waals surface area (Å²) in [6.07, 6.45) is 0. The molecule has 0 aromatic heterocycles. The van der Waals surface area contributed by atoms with Gasteiger partial charge < -0.3 is 10.5 Å². The van der Waals surface area contributed by atoms with Gasteiger partial charge in [0, 0.05) is 0 Å². The van der Waals surface area contributed by atoms with E-state index in [4.69, 9.17) is 11.9 Å². The van der Waals surface area contributed by atoms with Gasteiger partial charge in [-0.25, -0.2) is 9.59 Å². The Balaban J connectivity index is 0.000000980. The molecule has 0 N–H and O–H groups in total. The van der Waals surface area contributed by atoms with Crippen LogP contribution < -0.4 is 33.8 Å². The molecule has 0 spiro atoms. The Bertz CT molecular complexity index is 410. The van der Waals surface area contributed by atoms with Gasteiger partial charge in [0.25, 0.3) is 0 Å². The minimum atomic E-state index is -0.671. The van der Waals surface area contributed by atoms with E-state index in [1.165, 1.54) is 18.2 Å². The van der Waals surface area contributed by atoms with Crippen LogP contribution in [0.5, 0.6) is 5.75 Å². The van der Waals surface area contributed by atoms with Crippen LogP contribution >= 0.6 is 11.9 Å². The number of fused-ring (bicyclic) bond motifs is 1. The van der Waals surface area contributed by atoms with E-state index in [-0.39, 0.29) is 42.1 Å². The molecule has 0 unspecified atom stereocenters. The fourth-order valence-electron chi connectivity index (χ4n) is 1.11. The number of esters is 2. The van der Waals surface area contributed by atoms with E-state index in [0.29, 0.717) is 5.75 Å². The van der Waals surface area contributed by atoms with E-state index in [2.05, 4.69) is 9.03 Å². The van der Waals surface area contributed by atoms with Crippen LogP contribution in [0.25, 0.3) is 0 Å². The van der Waals surface area contributed by atoms with Crippen LogP contribution in [0.2, 0.25) is 0 Å². The van der Waals surface area contributed by atoms with Crippen molar-refractivity contribution in [2.24, 2.45) is 0 Å². The van der Waals surface area contributed by atoms with E-state index in [1.54, 1.807) is 0 Å². The molecule has 0 saturated heterocycles. The molecule has 0 atom stereocenters. The molecule has 14 heavy (non-hydrogen) atoms. The third-order valence-electron chi connectivity index (χ3n) is 1.71. The molecule has 1 aliphatic rings. The van der Waals surface area contributed by atoms with Gasteiger partial charge in [0.15, 0.2) is 0 Å². The second-order valence-corrected chi connectivity index (χ2v) is 2.62.